The Morgan fingerprint density at radius 3 is 2.24 bits per heavy atom. The van der Waals surface area contributed by atoms with Crippen LogP contribution in [0, 0.1) is 11.8 Å². The number of aliphatic hydroxyl groups excluding tert-OH is 1. The van der Waals surface area contributed by atoms with Crippen molar-refractivity contribution < 1.29 is 29.0 Å². The van der Waals surface area contributed by atoms with E-state index in [0.717, 1.165) is 22.4 Å². The van der Waals surface area contributed by atoms with Crippen molar-refractivity contribution in [1.82, 2.24) is 5.32 Å². The minimum absolute atomic E-state index is 0.0923. The van der Waals surface area contributed by atoms with Gasteiger partial charge in [0.15, 0.2) is 6.61 Å². The number of ether oxygens (including phenoxy) is 2. The molecule has 0 atom stereocenters. The number of hydrogen-bond donors (Lipinski definition) is 2. The van der Waals surface area contributed by atoms with Crippen LogP contribution in [-0.4, -0.2) is 36.0 Å². The number of aliphatic hydroxyl groups is 1. The van der Waals surface area contributed by atoms with Crippen molar-refractivity contribution in [2.24, 2.45) is 0 Å². The largest absolute Gasteiger partial charge is 0.484 e. The van der Waals surface area contributed by atoms with Gasteiger partial charge in [-0.1, -0.05) is 54.3 Å². The molecule has 0 saturated heterocycles. The topological polar surface area (TPSA) is 105 Å². The van der Waals surface area contributed by atoms with Crippen LogP contribution >= 0.6 is 0 Å². The van der Waals surface area contributed by atoms with E-state index < -0.39 is 5.97 Å². The third-order valence-electron chi connectivity index (χ3n) is 6.61. The first-order valence-electron chi connectivity index (χ1n) is 13.4. The Morgan fingerprint density at radius 2 is 1.48 bits per heavy atom. The molecule has 210 valence electrons. The summed E-state index contributed by atoms with van der Waals surface area (Å²) in [7, 11) is 0. The molecule has 0 fully saturated rings. The minimum atomic E-state index is -0.543. The summed E-state index contributed by atoms with van der Waals surface area (Å²) in [6.07, 6.45) is 0.106. The summed E-state index contributed by atoms with van der Waals surface area (Å²) in [5.41, 5.74) is 4.39. The number of carbonyl (C=O) groups is 3. The summed E-state index contributed by atoms with van der Waals surface area (Å²) in [6.45, 7) is 0.198. The first-order chi connectivity index (χ1) is 20.5. The maximum Gasteiger partial charge on any atom is 0.343 e. The quantitative estimate of drug-likeness (QED) is 0.180. The van der Waals surface area contributed by atoms with E-state index in [9.17, 15) is 14.4 Å². The van der Waals surface area contributed by atoms with Gasteiger partial charge in [0, 0.05) is 24.1 Å². The van der Waals surface area contributed by atoms with Crippen LogP contribution < -0.4 is 19.7 Å². The Kier molecular flexibility index (Phi) is 8.92. The lowest BCUT2D eigenvalue weighted by Gasteiger charge is -2.26. The van der Waals surface area contributed by atoms with Crippen LogP contribution in [0.1, 0.15) is 39.0 Å². The van der Waals surface area contributed by atoms with Gasteiger partial charge in [-0.2, -0.15) is 0 Å². The molecule has 0 bridgehead atoms. The highest BCUT2D eigenvalue weighted by atomic mass is 16.5. The Hall–Kier alpha value is -5.39. The molecule has 8 nitrogen and oxygen atoms in total. The van der Waals surface area contributed by atoms with Crippen molar-refractivity contribution in [1.29, 1.82) is 0 Å². The average molecular weight is 561 g/mol. The molecule has 42 heavy (non-hydrogen) atoms. The van der Waals surface area contributed by atoms with E-state index in [1.54, 1.807) is 53.4 Å². The summed E-state index contributed by atoms with van der Waals surface area (Å²) in [6, 6.07) is 28.1. The number of rotatable bonds is 9. The van der Waals surface area contributed by atoms with Gasteiger partial charge in [0.1, 0.15) is 11.5 Å². The van der Waals surface area contributed by atoms with Crippen LogP contribution in [0.5, 0.6) is 11.5 Å². The first kappa shape index (κ1) is 28.1. The monoisotopic (exact) mass is 560 g/mol. The molecule has 1 heterocycles. The van der Waals surface area contributed by atoms with Crippen LogP contribution in [0.2, 0.25) is 0 Å². The molecule has 2 N–H and O–H groups in total. The van der Waals surface area contributed by atoms with Crippen LogP contribution in [-0.2, 0) is 22.7 Å². The number of nitrogens with one attached hydrogen (secondary N) is 1. The molecule has 1 aliphatic rings. The molecule has 0 radical (unpaired) electrons. The second-order valence-electron chi connectivity index (χ2n) is 9.51. The number of fused-ring (bicyclic) bond motifs is 2. The number of anilines is 1. The fraction of sp³-hybridized carbons (Fsp3) is 0.147. The van der Waals surface area contributed by atoms with Gasteiger partial charge in [-0.3, -0.25) is 9.59 Å². The zero-order valence-corrected chi connectivity index (χ0v) is 22.7. The molecule has 0 aliphatic carbocycles. The highest BCUT2D eigenvalue weighted by molar-refractivity contribution is 5.95. The van der Waals surface area contributed by atoms with Crippen molar-refractivity contribution in [3.8, 4) is 23.3 Å². The standard InChI is InChI=1S/C34H28N2O6/c37-22-24-9-15-30(16-10-24)42-34(40)27-13-17-29(18-14-27)41-23-32(38)35-20-19-33(39)36-21-28-7-2-1-5-25(28)11-12-26-6-3-4-8-31(26)36/h1-10,13-18,37H,19-23H2,(H,35,38). The predicted octanol–water partition coefficient (Wildman–Crippen LogP) is 4.23. The normalized spacial score (nSPS) is 11.5. The van der Waals surface area contributed by atoms with Gasteiger partial charge in [-0.25, -0.2) is 4.79 Å². The van der Waals surface area contributed by atoms with Gasteiger partial charge in [0.2, 0.25) is 5.91 Å². The highest BCUT2D eigenvalue weighted by Crippen LogP contribution is 2.26. The maximum atomic E-state index is 13.3. The Morgan fingerprint density at radius 1 is 0.810 bits per heavy atom. The Balaban J connectivity index is 1.10. The molecule has 0 saturated carbocycles. The fourth-order valence-electron chi connectivity index (χ4n) is 4.37. The van der Waals surface area contributed by atoms with Crippen molar-refractivity contribution in [2.45, 2.75) is 19.6 Å². The van der Waals surface area contributed by atoms with E-state index in [1.807, 2.05) is 48.5 Å². The molecule has 8 heteroatoms. The van der Waals surface area contributed by atoms with Crippen molar-refractivity contribution in [3.05, 3.63) is 125 Å². The molecule has 2 amide bonds. The predicted molar refractivity (Wildman–Crippen MR) is 157 cm³/mol. The fourth-order valence-corrected chi connectivity index (χ4v) is 4.37. The molecule has 4 aromatic carbocycles. The average Bonchev–Trinajstić information content (AvgIpc) is 3.01. The third-order valence-corrected chi connectivity index (χ3v) is 6.61. The lowest BCUT2D eigenvalue weighted by molar-refractivity contribution is -0.123. The van der Waals surface area contributed by atoms with Crippen LogP contribution in [0.4, 0.5) is 5.69 Å². The Bertz CT molecular complexity index is 1650. The number of benzene rings is 4. The zero-order chi connectivity index (χ0) is 29.3. The van der Waals surface area contributed by atoms with Gasteiger partial charge < -0.3 is 24.8 Å². The van der Waals surface area contributed by atoms with E-state index in [4.69, 9.17) is 14.6 Å². The zero-order valence-electron chi connectivity index (χ0n) is 22.7. The maximum absolute atomic E-state index is 13.3. The second kappa shape index (κ2) is 13.3. The number of hydrogen-bond acceptors (Lipinski definition) is 6. The SMILES string of the molecule is O=C(COc1ccc(C(=O)Oc2ccc(CO)cc2)cc1)NCCC(=O)N1Cc2ccccc2C#Cc2ccccc21. The number of esters is 1. The van der Waals surface area contributed by atoms with Gasteiger partial charge in [0.25, 0.3) is 5.91 Å². The number of nitrogens with zero attached hydrogens (tertiary/aromatic N) is 1. The number of carbonyl (C=O) groups excluding carboxylic acids is 3. The van der Waals surface area contributed by atoms with E-state index in [-0.39, 0.29) is 38.0 Å². The molecule has 0 spiro atoms. The van der Waals surface area contributed by atoms with E-state index in [2.05, 4.69) is 17.2 Å². The third kappa shape index (κ3) is 7.02. The van der Waals surface area contributed by atoms with Crippen LogP contribution in [0.15, 0.2) is 97.1 Å². The molecule has 0 aromatic heterocycles. The van der Waals surface area contributed by atoms with Gasteiger partial charge in [-0.05, 0) is 65.7 Å². The van der Waals surface area contributed by atoms with Crippen LogP contribution in [0.25, 0.3) is 0 Å². The minimum Gasteiger partial charge on any atom is -0.484 e. The molecular weight excluding hydrogens is 532 g/mol. The smallest absolute Gasteiger partial charge is 0.343 e. The highest BCUT2D eigenvalue weighted by Gasteiger charge is 2.21. The summed E-state index contributed by atoms with van der Waals surface area (Å²) in [5, 5.41) is 11.8. The molecule has 1 aliphatic heterocycles. The van der Waals surface area contributed by atoms with E-state index in [0.29, 0.717) is 29.2 Å². The molecule has 4 aromatic rings. The Labute approximate surface area is 243 Å². The number of para-hydroxylation sites is 1. The molecular formula is C34H28N2O6. The lowest BCUT2D eigenvalue weighted by atomic mass is 10.0. The molecule has 0 unspecified atom stereocenters. The van der Waals surface area contributed by atoms with Crippen molar-refractivity contribution >= 4 is 23.5 Å². The first-order valence-corrected chi connectivity index (χ1v) is 13.4. The van der Waals surface area contributed by atoms with Crippen LogP contribution in [0.3, 0.4) is 0 Å². The number of amides is 2. The summed E-state index contributed by atoms with van der Waals surface area (Å²) in [4.78, 5) is 39.8. The van der Waals surface area contributed by atoms with Crippen molar-refractivity contribution in [2.75, 3.05) is 18.1 Å². The summed E-state index contributed by atoms with van der Waals surface area (Å²) < 4.78 is 10.9. The summed E-state index contributed by atoms with van der Waals surface area (Å²) in [5.74, 6) is 6.09. The lowest BCUT2D eigenvalue weighted by Crippen LogP contribution is -2.36. The van der Waals surface area contributed by atoms with Gasteiger partial charge in [0.05, 0.1) is 24.4 Å². The van der Waals surface area contributed by atoms with Gasteiger partial charge >= 0.3 is 5.97 Å². The van der Waals surface area contributed by atoms with Crippen molar-refractivity contribution in [3.63, 3.8) is 0 Å². The van der Waals surface area contributed by atoms with E-state index >= 15 is 0 Å². The van der Waals surface area contributed by atoms with E-state index in [1.165, 1.54) is 0 Å². The summed E-state index contributed by atoms with van der Waals surface area (Å²) >= 11 is 0. The second-order valence-corrected chi connectivity index (χ2v) is 9.51. The van der Waals surface area contributed by atoms with Gasteiger partial charge in [-0.15, -0.1) is 0 Å². The molecule has 5 rings (SSSR count).